The number of fused-ring (bicyclic) bond motifs is 1. The zero-order valence-corrected chi connectivity index (χ0v) is 15.4. The fourth-order valence-corrected chi connectivity index (χ4v) is 3.81. The largest absolute Gasteiger partial charge is 0.336 e. The van der Waals surface area contributed by atoms with E-state index in [1.807, 2.05) is 35.8 Å². The van der Waals surface area contributed by atoms with Gasteiger partial charge in [-0.15, -0.1) is 0 Å². The first-order chi connectivity index (χ1) is 12.5. The molecule has 1 saturated heterocycles. The van der Waals surface area contributed by atoms with Crippen LogP contribution in [0.25, 0.3) is 5.65 Å². The Bertz CT molecular complexity index is 943. The molecule has 0 unspecified atom stereocenters. The quantitative estimate of drug-likeness (QED) is 0.759. The number of nitrogens with zero attached hydrogens (tertiary/aromatic N) is 5. The molecule has 26 heavy (non-hydrogen) atoms. The molecule has 4 rings (SSSR count). The molecule has 7 nitrogen and oxygen atoms in total. The van der Waals surface area contributed by atoms with E-state index in [-0.39, 0.29) is 17.9 Å². The zero-order chi connectivity index (χ0) is 18.3. The van der Waals surface area contributed by atoms with Crippen molar-refractivity contribution >= 4 is 11.6 Å². The van der Waals surface area contributed by atoms with Gasteiger partial charge in [0, 0.05) is 64.3 Å². The molecule has 1 aliphatic heterocycles. The smallest absolute Gasteiger partial charge is 0.223 e. The number of hydrogen-bond donors (Lipinski definition) is 1. The van der Waals surface area contributed by atoms with Crippen molar-refractivity contribution in [3.8, 4) is 0 Å². The summed E-state index contributed by atoms with van der Waals surface area (Å²) in [6.07, 6.45) is 8.39. The number of carbonyl (C=O) groups excluding carboxylic acids is 1. The second-order valence-corrected chi connectivity index (χ2v) is 7.15. The van der Waals surface area contributed by atoms with E-state index in [1.54, 1.807) is 6.20 Å². The summed E-state index contributed by atoms with van der Waals surface area (Å²) in [6, 6.07) is 4.11. The van der Waals surface area contributed by atoms with Gasteiger partial charge in [0.05, 0.1) is 11.7 Å². The summed E-state index contributed by atoms with van der Waals surface area (Å²) in [4.78, 5) is 23.2. The number of rotatable bonds is 5. The molecule has 7 heteroatoms. The molecule has 0 spiro atoms. The minimum Gasteiger partial charge on any atom is -0.336 e. The van der Waals surface area contributed by atoms with Crippen LogP contribution >= 0.6 is 0 Å². The van der Waals surface area contributed by atoms with E-state index in [4.69, 9.17) is 0 Å². The Balaban J connectivity index is 1.44. The van der Waals surface area contributed by atoms with Crippen molar-refractivity contribution in [3.05, 3.63) is 54.0 Å². The van der Waals surface area contributed by atoms with E-state index < -0.39 is 0 Å². The first-order valence-electron chi connectivity index (χ1n) is 8.91. The molecular weight excluding hydrogens is 328 g/mol. The molecule has 2 atom stereocenters. The standard InChI is InChI=1S/C19H24N6O/c1-13-4-5-16-22-15(12-25(16)11-13)10-20-9-14-8-17(26)24(3)18(14)19-21-6-7-23(19)2/h4-7,11-12,14,18,20H,8-10H2,1-3H3/t14-,18+/m1/s1. The van der Waals surface area contributed by atoms with Crippen LogP contribution in [0.15, 0.2) is 36.9 Å². The first kappa shape index (κ1) is 16.8. The lowest BCUT2D eigenvalue weighted by Crippen LogP contribution is -2.30. The monoisotopic (exact) mass is 352 g/mol. The van der Waals surface area contributed by atoms with Gasteiger partial charge in [0.1, 0.15) is 11.5 Å². The summed E-state index contributed by atoms with van der Waals surface area (Å²) in [5, 5.41) is 3.48. The highest BCUT2D eigenvalue weighted by molar-refractivity contribution is 5.79. The van der Waals surface area contributed by atoms with Gasteiger partial charge in [-0.25, -0.2) is 9.97 Å². The third-order valence-corrected chi connectivity index (χ3v) is 5.18. The van der Waals surface area contributed by atoms with Gasteiger partial charge >= 0.3 is 0 Å². The number of pyridine rings is 1. The molecule has 1 N–H and O–H groups in total. The van der Waals surface area contributed by atoms with Gasteiger partial charge in [0.2, 0.25) is 5.91 Å². The molecular formula is C19H24N6O. The minimum absolute atomic E-state index is 0.0127. The summed E-state index contributed by atoms with van der Waals surface area (Å²) < 4.78 is 4.05. The maximum Gasteiger partial charge on any atom is 0.223 e. The minimum atomic E-state index is 0.0127. The number of likely N-dealkylation sites (tertiary alicyclic amines) is 1. The maximum atomic E-state index is 12.2. The lowest BCUT2D eigenvalue weighted by molar-refractivity contribution is -0.127. The van der Waals surface area contributed by atoms with E-state index >= 15 is 0 Å². The maximum absolute atomic E-state index is 12.2. The second kappa shape index (κ2) is 6.57. The van der Waals surface area contributed by atoms with Crippen LogP contribution in [0.2, 0.25) is 0 Å². The number of aromatic nitrogens is 4. The Labute approximate surface area is 152 Å². The van der Waals surface area contributed by atoms with E-state index in [1.165, 1.54) is 5.56 Å². The summed E-state index contributed by atoms with van der Waals surface area (Å²) >= 11 is 0. The van der Waals surface area contributed by atoms with E-state index in [0.29, 0.717) is 13.0 Å². The van der Waals surface area contributed by atoms with Crippen molar-refractivity contribution in [2.24, 2.45) is 13.0 Å². The molecule has 1 amide bonds. The van der Waals surface area contributed by atoms with Crippen molar-refractivity contribution in [1.82, 2.24) is 29.2 Å². The van der Waals surface area contributed by atoms with Crippen molar-refractivity contribution in [3.63, 3.8) is 0 Å². The van der Waals surface area contributed by atoms with Crippen molar-refractivity contribution in [2.45, 2.75) is 25.9 Å². The van der Waals surface area contributed by atoms with Crippen LogP contribution in [0.1, 0.15) is 29.5 Å². The van der Waals surface area contributed by atoms with Gasteiger partial charge in [-0.3, -0.25) is 4.79 Å². The Morgan fingerprint density at radius 3 is 2.88 bits per heavy atom. The highest BCUT2D eigenvalue weighted by Gasteiger charge is 2.40. The third-order valence-electron chi connectivity index (χ3n) is 5.18. The van der Waals surface area contributed by atoms with E-state index in [2.05, 4.69) is 45.1 Å². The zero-order valence-electron chi connectivity index (χ0n) is 15.4. The van der Waals surface area contributed by atoms with Crippen molar-refractivity contribution in [2.75, 3.05) is 13.6 Å². The number of amides is 1. The van der Waals surface area contributed by atoms with Crippen LogP contribution in [-0.2, 0) is 18.4 Å². The normalized spacial score (nSPS) is 20.4. The lowest BCUT2D eigenvalue weighted by Gasteiger charge is -2.24. The molecule has 1 fully saturated rings. The van der Waals surface area contributed by atoms with Gasteiger partial charge in [-0.05, 0) is 18.6 Å². The molecule has 136 valence electrons. The average Bonchev–Trinajstić information content (AvgIpc) is 3.26. The summed E-state index contributed by atoms with van der Waals surface area (Å²) in [5.41, 5.74) is 3.16. The second-order valence-electron chi connectivity index (χ2n) is 7.15. The molecule has 1 aliphatic rings. The highest BCUT2D eigenvalue weighted by Crippen LogP contribution is 2.35. The molecule has 0 saturated carbocycles. The van der Waals surface area contributed by atoms with Crippen molar-refractivity contribution < 1.29 is 4.79 Å². The molecule has 0 radical (unpaired) electrons. The number of nitrogens with one attached hydrogen (secondary N) is 1. The predicted octanol–water partition coefficient (Wildman–Crippen LogP) is 1.69. The molecule has 0 aliphatic carbocycles. The topological polar surface area (TPSA) is 67.5 Å². The number of aryl methyl sites for hydroxylation is 2. The van der Waals surface area contributed by atoms with Gasteiger partial charge < -0.3 is 19.2 Å². The Morgan fingerprint density at radius 2 is 2.12 bits per heavy atom. The molecule has 0 aromatic carbocycles. The Morgan fingerprint density at radius 1 is 1.27 bits per heavy atom. The van der Waals surface area contributed by atoms with Crippen LogP contribution < -0.4 is 5.32 Å². The summed E-state index contributed by atoms with van der Waals surface area (Å²) in [7, 11) is 3.84. The van der Waals surface area contributed by atoms with E-state index in [9.17, 15) is 4.79 Å². The number of hydrogen-bond acceptors (Lipinski definition) is 4. The van der Waals surface area contributed by atoms with Crippen molar-refractivity contribution in [1.29, 1.82) is 0 Å². The van der Waals surface area contributed by atoms with Gasteiger partial charge in [-0.2, -0.15) is 0 Å². The Hall–Kier alpha value is -2.67. The molecule has 0 bridgehead atoms. The average molecular weight is 352 g/mol. The number of carbonyl (C=O) groups is 1. The van der Waals surface area contributed by atoms with Gasteiger partial charge in [0.15, 0.2) is 0 Å². The lowest BCUT2D eigenvalue weighted by atomic mass is 9.99. The van der Waals surface area contributed by atoms with Crippen LogP contribution in [0, 0.1) is 12.8 Å². The van der Waals surface area contributed by atoms with E-state index in [0.717, 1.165) is 23.7 Å². The fraction of sp³-hybridized carbons (Fsp3) is 0.421. The molecule has 3 aromatic heterocycles. The molecule has 3 aromatic rings. The van der Waals surface area contributed by atoms with Gasteiger partial charge in [0.25, 0.3) is 0 Å². The highest BCUT2D eigenvalue weighted by atomic mass is 16.2. The third kappa shape index (κ3) is 2.99. The van der Waals surface area contributed by atoms with Crippen LogP contribution in [0.3, 0.4) is 0 Å². The Kier molecular flexibility index (Phi) is 4.24. The fourth-order valence-electron chi connectivity index (χ4n) is 3.81. The first-order valence-corrected chi connectivity index (χ1v) is 8.91. The van der Waals surface area contributed by atoms with Gasteiger partial charge in [-0.1, -0.05) is 6.07 Å². The molecule has 4 heterocycles. The van der Waals surface area contributed by atoms with Crippen LogP contribution in [-0.4, -0.2) is 43.3 Å². The predicted molar refractivity (Wildman–Crippen MR) is 98.5 cm³/mol. The summed E-state index contributed by atoms with van der Waals surface area (Å²) in [5.74, 6) is 1.31. The SMILES string of the molecule is Cc1ccc2nc(CNC[C@H]3CC(=O)N(C)[C@@H]3c3nccn3C)cn2c1. The van der Waals surface area contributed by atoms with Crippen LogP contribution in [0.4, 0.5) is 0 Å². The van der Waals surface area contributed by atoms with Crippen LogP contribution in [0.5, 0.6) is 0 Å². The number of imidazole rings is 2. The summed E-state index contributed by atoms with van der Waals surface area (Å²) in [6.45, 7) is 3.51.